The van der Waals surface area contributed by atoms with Crippen molar-refractivity contribution in [2.24, 2.45) is 5.10 Å². The van der Waals surface area contributed by atoms with Gasteiger partial charge < -0.3 is 23.4 Å². The van der Waals surface area contributed by atoms with Crippen molar-refractivity contribution in [1.82, 2.24) is 10.4 Å². The summed E-state index contributed by atoms with van der Waals surface area (Å²) < 4.78 is 21.4. The van der Waals surface area contributed by atoms with Gasteiger partial charge in [0, 0.05) is 4.47 Å². The maximum atomic E-state index is 12.1. The second-order valence-corrected chi connectivity index (χ2v) is 6.31. The fourth-order valence-electron chi connectivity index (χ4n) is 2.32. The van der Waals surface area contributed by atoms with Crippen LogP contribution >= 0.6 is 15.9 Å². The van der Waals surface area contributed by atoms with Gasteiger partial charge in [-0.2, -0.15) is 5.10 Å². The van der Waals surface area contributed by atoms with Gasteiger partial charge in [-0.3, -0.25) is 4.79 Å². The van der Waals surface area contributed by atoms with E-state index in [1.165, 1.54) is 26.7 Å². The Kier molecular flexibility index (Phi) is 5.99. The lowest BCUT2D eigenvalue weighted by molar-refractivity contribution is -0.120. The number of furan rings is 1. The second-order valence-electron chi connectivity index (χ2n) is 5.46. The van der Waals surface area contributed by atoms with Crippen LogP contribution in [-0.4, -0.2) is 36.4 Å². The molecular weight excluding hydrogens is 434 g/mol. The van der Waals surface area contributed by atoms with E-state index in [-0.39, 0.29) is 23.9 Å². The van der Waals surface area contributed by atoms with Gasteiger partial charge in [0.2, 0.25) is 5.91 Å². The lowest BCUT2D eigenvalue weighted by atomic mass is 10.1. The number of oxazole rings is 1. The number of hydrogen-bond acceptors (Lipinski definition) is 8. The van der Waals surface area contributed by atoms with Gasteiger partial charge >= 0.3 is 5.95 Å². The molecule has 1 aromatic carbocycles. The lowest BCUT2D eigenvalue weighted by Gasteiger charge is -2.11. The molecule has 9 nitrogen and oxygen atoms in total. The molecule has 2 N–H and O–H groups in total. The number of aromatic hydroxyl groups is 1. The summed E-state index contributed by atoms with van der Waals surface area (Å²) >= 11 is 3.40. The average molecular weight is 450 g/mol. The lowest BCUT2D eigenvalue weighted by Crippen LogP contribution is -2.20. The Balaban J connectivity index is 1.65. The van der Waals surface area contributed by atoms with Crippen molar-refractivity contribution in [3.63, 3.8) is 0 Å². The molecule has 0 fully saturated rings. The van der Waals surface area contributed by atoms with Crippen LogP contribution in [0, 0.1) is 0 Å². The van der Waals surface area contributed by atoms with Gasteiger partial charge in [-0.05, 0) is 29.8 Å². The van der Waals surface area contributed by atoms with Crippen LogP contribution in [0.15, 0.2) is 48.9 Å². The Labute approximate surface area is 168 Å². The van der Waals surface area contributed by atoms with Crippen molar-refractivity contribution in [2.75, 3.05) is 14.2 Å². The number of nitrogens with one attached hydrogen (secondary N) is 1. The van der Waals surface area contributed by atoms with Gasteiger partial charge in [0.25, 0.3) is 5.89 Å². The topological polar surface area (TPSA) is 119 Å². The van der Waals surface area contributed by atoms with E-state index in [1.54, 1.807) is 24.3 Å². The molecule has 0 aliphatic heterocycles. The quantitative estimate of drug-likeness (QED) is 0.419. The molecule has 0 unspecified atom stereocenters. The number of hydrazone groups is 1. The highest BCUT2D eigenvalue weighted by Gasteiger charge is 2.15. The van der Waals surface area contributed by atoms with Crippen molar-refractivity contribution in [1.29, 1.82) is 0 Å². The van der Waals surface area contributed by atoms with Crippen LogP contribution in [0.1, 0.15) is 11.3 Å². The SMILES string of the molecule is COc1cc(Br)c(CC(=O)N/N=C/c2nc(-c3ccco3)oc2O)cc1OC. The number of ether oxygens (including phenoxy) is 2. The number of aromatic nitrogens is 1. The molecule has 0 spiro atoms. The zero-order valence-corrected chi connectivity index (χ0v) is 16.5. The summed E-state index contributed by atoms with van der Waals surface area (Å²) in [5.41, 5.74) is 3.11. The number of methoxy groups -OCH3 is 2. The summed E-state index contributed by atoms with van der Waals surface area (Å²) in [6.07, 6.45) is 2.67. The maximum absolute atomic E-state index is 12.1. The van der Waals surface area contributed by atoms with E-state index in [0.29, 0.717) is 27.3 Å². The Bertz CT molecular complexity index is 997. The van der Waals surface area contributed by atoms with E-state index in [0.717, 1.165) is 0 Å². The smallest absolute Gasteiger partial charge is 0.312 e. The zero-order valence-electron chi connectivity index (χ0n) is 14.9. The first-order valence-electron chi connectivity index (χ1n) is 7.97. The van der Waals surface area contributed by atoms with E-state index in [1.807, 2.05) is 0 Å². The van der Waals surface area contributed by atoms with Crippen molar-refractivity contribution >= 4 is 28.1 Å². The molecule has 0 saturated carbocycles. The number of amides is 1. The first-order chi connectivity index (χ1) is 13.5. The van der Waals surface area contributed by atoms with Gasteiger partial charge in [-0.15, -0.1) is 0 Å². The fourth-order valence-corrected chi connectivity index (χ4v) is 2.79. The first kappa shape index (κ1) is 19.5. The van der Waals surface area contributed by atoms with Crippen LogP contribution in [0.25, 0.3) is 11.7 Å². The maximum Gasteiger partial charge on any atom is 0.312 e. The summed E-state index contributed by atoms with van der Waals surface area (Å²) in [7, 11) is 3.04. The van der Waals surface area contributed by atoms with Gasteiger partial charge in [0.15, 0.2) is 23.0 Å². The van der Waals surface area contributed by atoms with Gasteiger partial charge in [0.1, 0.15) is 0 Å². The number of hydrogen-bond donors (Lipinski definition) is 2. The molecule has 28 heavy (non-hydrogen) atoms. The van der Waals surface area contributed by atoms with Gasteiger partial charge in [0.05, 0.1) is 33.1 Å². The Morgan fingerprint density at radius 2 is 2.11 bits per heavy atom. The number of carbonyl (C=O) groups is 1. The van der Waals surface area contributed by atoms with Crippen LogP contribution in [0.5, 0.6) is 17.4 Å². The molecule has 2 heterocycles. The summed E-state index contributed by atoms with van der Waals surface area (Å²) in [6, 6.07) is 6.71. The van der Waals surface area contributed by atoms with Crippen LogP contribution < -0.4 is 14.9 Å². The third kappa shape index (κ3) is 4.34. The number of benzene rings is 1. The molecule has 3 rings (SSSR count). The van der Waals surface area contributed by atoms with Crippen LogP contribution in [-0.2, 0) is 11.2 Å². The molecular formula is C18H16BrN3O6. The highest BCUT2D eigenvalue weighted by atomic mass is 79.9. The predicted octanol–water partition coefficient (Wildman–Crippen LogP) is 3.11. The van der Waals surface area contributed by atoms with Crippen LogP contribution in [0.2, 0.25) is 0 Å². The molecule has 2 aromatic heterocycles. The number of halogens is 1. The number of rotatable bonds is 7. The van der Waals surface area contributed by atoms with E-state index < -0.39 is 5.95 Å². The average Bonchev–Trinajstić information content (AvgIpc) is 3.33. The van der Waals surface area contributed by atoms with Crippen molar-refractivity contribution in [3.05, 3.63) is 46.3 Å². The molecule has 146 valence electrons. The Morgan fingerprint density at radius 3 is 2.79 bits per heavy atom. The molecule has 0 aliphatic carbocycles. The minimum atomic E-state index is -0.438. The number of nitrogens with zero attached hydrogens (tertiary/aromatic N) is 2. The highest BCUT2D eigenvalue weighted by molar-refractivity contribution is 9.10. The Morgan fingerprint density at radius 1 is 1.36 bits per heavy atom. The van der Waals surface area contributed by atoms with E-state index in [9.17, 15) is 9.90 Å². The van der Waals surface area contributed by atoms with Crippen molar-refractivity contribution in [3.8, 4) is 29.1 Å². The van der Waals surface area contributed by atoms with Gasteiger partial charge in [-0.25, -0.2) is 10.4 Å². The highest BCUT2D eigenvalue weighted by Crippen LogP contribution is 2.33. The molecule has 10 heteroatoms. The van der Waals surface area contributed by atoms with Crippen LogP contribution in [0.4, 0.5) is 0 Å². The largest absolute Gasteiger partial charge is 0.493 e. The first-order valence-corrected chi connectivity index (χ1v) is 8.77. The third-order valence-corrected chi connectivity index (χ3v) is 4.38. The van der Waals surface area contributed by atoms with Crippen LogP contribution in [0.3, 0.4) is 0 Å². The van der Waals surface area contributed by atoms with Crippen molar-refractivity contribution < 1.29 is 28.2 Å². The summed E-state index contributed by atoms with van der Waals surface area (Å²) in [4.78, 5) is 16.2. The van der Waals surface area contributed by atoms with E-state index >= 15 is 0 Å². The zero-order chi connectivity index (χ0) is 20.1. The third-order valence-electron chi connectivity index (χ3n) is 3.65. The minimum Gasteiger partial charge on any atom is -0.493 e. The monoisotopic (exact) mass is 449 g/mol. The molecule has 3 aromatic rings. The summed E-state index contributed by atoms with van der Waals surface area (Å²) in [6.45, 7) is 0. The van der Waals surface area contributed by atoms with E-state index in [4.69, 9.17) is 18.3 Å². The standard InChI is InChI=1S/C18H16BrN3O6/c1-25-14-6-10(11(19)8-15(14)26-2)7-16(23)22-20-9-12-18(24)28-17(21-12)13-4-3-5-27-13/h3-6,8-9,24H,7H2,1-2H3,(H,22,23)/b20-9+. The molecule has 0 saturated heterocycles. The van der Waals surface area contributed by atoms with Gasteiger partial charge in [-0.1, -0.05) is 15.9 Å². The minimum absolute atomic E-state index is 0.0424. The predicted molar refractivity (Wildman–Crippen MR) is 103 cm³/mol. The van der Waals surface area contributed by atoms with Crippen molar-refractivity contribution in [2.45, 2.75) is 6.42 Å². The molecule has 0 bridgehead atoms. The summed E-state index contributed by atoms with van der Waals surface area (Å²) in [5, 5.41) is 13.6. The number of carbonyl (C=O) groups excluding carboxylic acids is 1. The molecule has 0 aliphatic rings. The summed E-state index contributed by atoms with van der Waals surface area (Å²) in [5.74, 6) is 0.702. The van der Waals surface area contributed by atoms with E-state index in [2.05, 4.69) is 31.4 Å². The molecule has 0 radical (unpaired) electrons. The normalized spacial score (nSPS) is 11.0. The molecule has 1 amide bonds. The fraction of sp³-hybridized carbons (Fsp3) is 0.167. The molecule has 0 atom stereocenters. The Hall–Kier alpha value is -3.27. The second kappa shape index (κ2) is 8.61.